The molecule has 0 rings (SSSR count). The first-order chi connectivity index (χ1) is 30.6. The topological polar surface area (TPSA) is 61.8 Å². The molecule has 0 bridgehead atoms. The van der Waals surface area contributed by atoms with Crippen LogP contribution in [0.3, 0.4) is 0 Å². The molecule has 0 aliphatic heterocycles. The maximum atomic E-state index is 12.6. The first-order valence-corrected chi connectivity index (χ1v) is 28.2. The Morgan fingerprint density at radius 3 is 0.855 bits per heavy atom. The van der Waals surface area contributed by atoms with E-state index in [0.29, 0.717) is 19.4 Å². The third-order valence-electron chi connectivity index (χ3n) is 12.8. The zero-order chi connectivity index (χ0) is 44.9. The van der Waals surface area contributed by atoms with Crippen LogP contribution in [0, 0.1) is 0 Å². The summed E-state index contributed by atoms with van der Waals surface area (Å²) in [6, 6.07) is 0. The van der Waals surface area contributed by atoms with Gasteiger partial charge >= 0.3 is 11.9 Å². The Morgan fingerprint density at radius 1 is 0.323 bits per heavy atom. The molecule has 0 heterocycles. The second-order valence-corrected chi connectivity index (χ2v) is 19.2. The second kappa shape index (κ2) is 54.0. The van der Waals surface area contributed by atoms with Gasteiger partial charge < -0.3 is 14.2 Å². The van der Waals surface area contributed by atoms with Crippen molar-refractivity contribution in [2.75, 3.05) is 19.8 Å². The lowest BCUT2D eigenvalue weighted by atomic mass is 10.0. The van der Waals surface area contributed by atoms with Gasteiger partial charge in [-0.2, -0.15) is 0 Å². The van der Waals surface area contributed by atoms with Crippen molar-refractivity contribution in [3.63, 3.8) is 0 Å². The summed E-state index contributed by atoms with van der Waals surface area (Å²) in [7, 11) is 0. The third kappa shape index (κ3) is 51.3. The van der Waals surface area contributed by atoms with Gasteiger partial charge in [-0.05, 0) is 44.9 Å². The maximum absolute atomic E-state index is 12.6. The normalized spacial score (nSPS) is 11.7. The minimum absolute atomic E-state index is 0.158. The van der Waals surface area contributed by atoms with E-state index in [1.54, 1.807) is 0 Å². The molecule has 0 saturated heterocycles. The molecule has 0 saturated carbocycles. The van der Waals surface area contributed by atoms with Crippen LogP contribution in [-0.2, 0) is 23.8 Å². The van der Waals surface area contributed by atoms with E-state index in [1.165, 1.54) is 244 Å². The van der Waals surface area contributed by atoms with Gasteiger partial charge in [-0.3, -0.25) is 9.59 Å². The van der Waals surface area contributed by atoms with Gasteiger partial charge in [-0.25, -0.2) is 0 Å². The van der Waals surface area contributed by atoms with Gasteiger partial charge in [0.1, 0.15) is 19.3 Å². The largest absolute Gasteiger partial charge is 0.463 e. The molecule has 0 N–H and O–H groups in total. The van der Waals surface area contributed by atoms with Gasteiger partial charge in [0.05, 0.1) is 0 Å². The predicted molar refractivity (Wildman–Crippen MR) is 270 cm³/mol. The van der Waals surface area contributed by atoms with Crippen molar-refractivity contribution in [3.8, 4) is 0 Å². The molecule has 0 atom stereocenters. The molecule has 5 heteroatoms. The van der Waals surface area contributed by atoms with Gasteiger partial charge in [-0.1, -0.05) is 270 Å². The van der Waals surface area contributed by atoms with Crippen molar-refractivity contribution >= 4 is 11.9 Å². The zero-order valence-corrected chi connectivity index (χ0v) is 42.4. The van der Waals surface area contributed by atoms with Crippen LogP contribution in [0.4, 0.5) is 0 Å². The Kier molecular flexibility index (Phi) is 52.8. The van der Waals surface area contributed by atoms with Crippen molar-refractivity contribution < 1.29 is 23.8 Å². The number of hydrogen-bond acceptors (Lipinski definition) is 5. The molecule has 0 aromatic rings. The minimum atomic E-state index is -0.395. The Labute approximate surface area is 388 Å². The third-order valence-corrected chi connectivity index (χ3v) is 12.8. The standard InChI is InChI=1S/C57H110O5/c1-4-7-10-13-16-19-22-25-28-31-34-37-40-43-46-49-52-60-55(53-61-56(58)50-47-44-41-38-35-32-29-26-23-20-17-14-11-8-5-2)54-62-57(59)51-48-45-42-39-36-33-30-27-24-21-18-15-12-9-6-3/h25,28,55H,4-24,26-27,29-54H2,1-3H3/b28-25-. The molecule has 0 aliphatic rings. The van der Waals surface area contributed by atoms with Crippen LogP contribution in [-0.4, -0.2) is 37.9 Å². The summed E-state index contributed by atoms with van der Waals surface area (Å²) in [5, 5.41) is 0. The number of hydrogen-bond donors (Lipinski definition) is 0. The van der Waals surface area contributed by atoms with E-state index in [0.717, 1.165) is 38.5 Å². The first-order valence-electron chi connectivity index (χ1n) is 28.2. The lowest BCUT2D eigenvalue weighted by molar-refractivity contribution is -0.155. The van der Waals surface area contributed by atoms with Crippen LogP contribution in [0.1, 0.15) is 316 Å². The van der Waals surface area contributed by atoms with E-state index in [4.69, 9.17) is 14.2 Å². The van der Waals surface area contributed by atoms with Crippen molar-refractivity contribution in [1.82, 2.24) is 0 Å². The van der Waals surface area contributed by atoms with Crippen LogP contribution in [0.2, 0.25) is 0 Å². The van der Waals surface area contributed by atoms with Crippen LogP contribution in [0.25, 0.3) is 0 Å². The molecule has 0 radical (unpaired) electrons. The van der Waals surface area contributed by atoms with Crippen molar-refractivity contribution in [2.24, 2.45) is 0 Å². The monoisotopic (exact) mass is 875 g/mol. The fourth-order valence-electron chi connectivity index (χ4n) is 8.54. The molecule has 0 unspecified atom stereocenters. The van der Waals surface area contributed by atoms with Crippen LogP contribution < -0.4 is 0 Å². The van der Waals surface area contributed by atoms with Gasteiger partial charge in [0.25, 0.3) is 0 Å². The van der Waals surface area contributed by atoms with Crippen LogP contribution >= 0.6 is 0 Å². The van der Waals surface area contributed by atoms with E-state index in [9.17, 15) is 9.59 Å². The number of unbranched alkanes of at least 4 members (excludes halogenated alkanes) is 40. The summed E-state index contributed by atoms with van der Waals surface area (Å²) in [6.07, 6.45) is 62.4. The SMILES string of the molecule is CCCCCCCC/C=C\CCCCCCCCOC(COC(=O)CCCCCCCCCCCCCCCCC)COC(=O)CCCCCCCCCCCCCCCCC. The molecule has 0 spiro atoms. The molecule has 0 amide bonds. The van der Waals surface area contributed by atoms with Gasteiger partial charge in [0.15, 0.2) is 0 Å². The highest BCUT2D eigenvalue weighted by molar-refractivity contribution is 5.69. The maximum Gasteiger partial charge on any atom is 0.305 e. The van der Waals surface area contributed by atoms with Gasteiger partial charge in [0.2, 0.25) is 0 Å². The highest BCUT2D eigenvalue weighted by atomic mass is 16.6. The quantitative estimate of drug-likeness (QED) is 0.0346. The number of rotatable bonds is 53. The summed E-state index contributed by atoms with van der Waals surface area (Å²) in [5.41, 5.74) is 0. The lowest BCUT2D eigenvalue weighted by Gasteiger charge is -2.18. The summed E-state index contributed by atoms with van der Waals surface area (Å²) < 4.78 is 17.5. The molecular weight excluding hydrogens is 765 g/mol. The zero-order valence-electron chi connectivity index (χ0n) is 42.4. The number of allylic oxidation sites excluding steroid dienone is 2. The summed E-state index contributed by atoms with van der Waals surface area (Å²) in [5.74, 6) is -0.315. The Bertz CT molecular complexity index is 852. The molecular formula is C57H110O5. The second-order valence-electron chi connectivity index (χ2n) is 19.2. The van der Waals surface area contributed by atoms with E-state index < -0.39 is 6.10 Å². The fourth-order valence-corrected chi connectivity index (χ4v) is 8.54. The number of esters is 2. The number of carbonyl (C=O) groups excluding carboxylic acids is 2. The molecule has 5 nitrogen and oxygen atoms in total. The molecule has 0 aliphatic carbocycles. The van der Waals surface area contributed by atoms with Crippen molar-refractivity contribution in [1.29, 1.82) is 0 Å². The summed E-state index contributed by atoms with van der Waals surface area (Å²) >= 11 is 0. The molecule has 368 valence electrons. The highest BCUT2D eigenvalue weighted by Gasteiger charge is 2.16. The Balaban J connectivity index is 4.21. The summed E-state index contributed by atoms with van der Waals surface area (Å²) in [4.78, 5) is 25.3. The van der Waals surface area contributed by atoms with Crippen LogP contribution in [0.5, 0.6) is 0 Å². The van der Waals surface area contributed by atoms with E-state index in [-0.39, 0.29) is 25.2 Å². The fraction of sp³-hybridized carbons (Fsp3) is 0.930. The van der Waals surface area contributed by atoms with Gasteiger partial charge in [-0.15, -0.1) is 0 Å². The van der Waals surface area contributed by atoms with Gasteiger partial charge in [0, 0.05) is 19.4 Å². The van der Waals surface area contributed by atoms with E-state index in [2.05, 4.69) is 32.9 Å². The minimum Gasteiger partial charge on any atom is -0.463 e. The van der Waals surface area contributed by atoms with Crippen LogP contribution in [0.15, 0.2) is 12.2 Å². The lowest BCUT2D eigenvalue weighted by Crippen LogP contribution is -2.29. The van der Waals surface area contributed by atoms with Crippen molar-refractivity contribution in [3.05, 3.63) is 12.2 Å². The summed E-state index contributed by atoms with van der Waals surface area (Å²) in [6.45, 7) is 7.78. The molecule has 0 fully saturated rings. The number of carbonyl (C=O) groups is 2. The molecule has 62 heavy (non-hydrogen) atoms. The first kappa shape index (κ1) is 60.6. The molecule has 0 aromatic heterocycles. The number of ether oxygens (including phenoxy) is 3. The van der Waals surface area contributed by atoms with E-state index in [1.807, 2.05) is 0 Å². The highest BCUT2D eigenvalue weighted by Crippen LogP contribution is 2.17. The predicted octanol–water partition coefficient (Wildman–Crippen LogP) is 19.0. The Hall–Kier alpha value is -1.36. The Morgan fingerprint density at radius 2 is 0.565 bits per heavy atom. The average Bonchev–Trinajstić information content (AvgIpc) is 3.28. The molecule has 0 aromatic carbocycles. The average molecular weight is 876 g/mol. The van der Waals surface area contributed by atoms with E-state index >= 15 is 0 Å². The van der Waals surface area contributed by atoms with Crippen molar-refractivity contribution in [2.45, 2.75) is 322 Å². The smallest absolute Gasteiger partial charge is 0.305 e.